The summed E-state index contributed by atoms with van der Waals surface area (Å²) in [5.74, 6) is -0.266. The highest BCUT2D eigenvalue weighted by molar-refractivity contribution is 7.98. The number of carboxylic acid groups (broad SMARTS) is 1. The van der Waals surface area contributed by atoms with E-state index in [4.69, 9.17) is 17.3 Å². The highest BCUT2D eigenvalue weighted by Gasteiger charge is 2.17. The standard InChI is InChI=1S/C17H19N3O2S2/c1-11-7-8-18-15(9-11)20-17(23)19-14(10-16(21)22)12-3-5-13(24-2)6-4-12/h3-9,14H,10H2,1-2H3,(H,21,22)(H2,18,19,20,23)/t14-/m1/s1. The van der Waals surface area contributed by atoms with Crippen LogP contribution in [0.15, 0.2) is 47.5 Å². The summed E-state index contributed by atoms with van der Waals surface area (Å²) in [6.07, 6.45) is 3.62. The fraction of sp³-hybridized carbons (Fsp3) is 0.235. The second kappa shape index (κ2) is 8.65. The molecule has 0 aliphatic carbocycles. The Hall–Kier alpha value is -2.12. The summed E-state index contributed by atoms with van der Waals surface area (Å²) in [6, 6.07) is 11.1. The number of thiocarbonyl (C=S) groups is 1. The van der Waals surface area contributed by atoms with Crippen molar-refractivity contribution in [2.75, 3.05) is 11.6 Å². The molecule has 1 aromatic carbocycles. The number of anilines is 1. The van der Waals surface area contributed by atoms with E-state index in [2.05, 4.69) is 15.6 Å². The Bertz CT molecular complexity index is 720. The van der Waals surface area contributed by atoms with Crippen LogP contribution in [0.3, 0.4) is 0 Å². The number of hydrogen-bond donors (Lipinski definition) is 3. The Morgan fingerprint density at radius 1 is 1.33 bits per heavy atom. The van der Waals surface area contributed by atoms with E-state index in [1.54, 1.807) is 18.0 Å². The van der Waals surface area contributed by atoms with E-state index >= 15 is 0 Å². The van der Waals surface area contributed by atoms with Crippen molar-refractivity contribution in [3.05, 3.63) is 53.7 Å². The molecule has 0 amide bonds. The van der Waals surface area contributed by atoms with Crippen LogP contribution in [-0.2, 0) is 4.79 Å². The zero-order chi connectivity index (χ0) is 17.5. The van der Waals surface area contributed by atoms with Crippen LogP contribution in [0.25, 0.3) is 0 Å². The Morgan fingerprint density at radius 3 is 2.62 bits per heavy atom. The van der Waals surface area contributed by atoms with Crippen LogP contribution in [0, 0.1) is 6.92 Å². The van der Waals surface area contributed by atoms with Crippen LogP contribution < -0.4 is 10.6 Å². The van der Waals surface area contributed by atoms with Crippen molar-refractivity contribution >= 4 is 40.9 Å². The Labute approximate surface area is 150 Å². The molecule has 0 aliphatic rings. The van der Waals surface area contributed by atoms with Crippen LogP contribution >= 0.6 is 24.0 Å². The molecule has 0 unspecified atom stereocenters. The third kappa shape index (κ3) is 5.50. The zero-order valence-electron chi connectivity index (χ0n) is 13.4. The first-order chi connectivity index (χ1) is 11.5. The molecule has 126 valence electrons. The minimum Gasteiger partial charge on any atom is -0.481 e. The van der Waals surface area contributed by atoms with Crippen molar-refractivity contribution in [2.45, 2.75) is 24.3 Å². The van der Waals surface area contributed by atoms with E-state index in [0.29, 0.717) is 10.9 Å². The van der Waals surface area contributed by atoms with E-state index in [1.165, 1.54) is 0 Å². The van der Waals surface area contributed by atoms with Gasteiger partial charge in [0.15, 0.2) is 5.11 Å². The maximum absolute atomic E-state index is 11.2. The minimum atomic E-state index is -0.891. The van der Waals surface area contributed by atoms with Crippen molar-refractivity contribution in [3.63, 3.8) is 0 Å². The molecule has 1 heterocycles. The summed E-state index contributed by atoms with van der Waals surface area (Å²) in [5, 5.41) is 15.6. The van der Waals surface area contributed by atoms with E-state index < -0.39 is 12.0 Å². The molecular weight excluding hydrogens is 342 g/mol. The summed E-state index contributed by atoms with van der Waals surface area (Å²) in [5.41, 5.74) is 1.93. The Morgan fingerprint density at radius 2 is 2.04 bits per heavy atom. The van der Waals surface area contributed by atoms with Crippen LogP contribution in [0.1, 0.15) is 23.6 Å². The molecule has 0 saturated carbocycles. The lowest BCUT2D eigenvalue weighted by molar-refractivity contribution is -0.137. The minimum absolute atomic E-state index is 0.0678. The molecule has 0 fully saturated rings. The normalized spacial score (nSPS) is 11.6. The molecule has 0 saturated heterocycles. The molecule has 24 heavy (non-hydrogen) atoms. The molecule has 0 spiro atoms. The van der Waals surface area contributed by atoms with Gasteiger partial charge in [-0.2, -0.15) is 0 Å². The third-order valence-electron chi connectivity index (χ3n) is 3.36. The predicted octanol–water partition coefficient (Wildman–Crippen LogP) is 3.61. The number of thioether (sulfide) groups is 1. The van der Waals surface area contributed by atoms with Crippen LogP contribution in [0.4, 0.5) is 5.82 Å². The van der Waals surface area contributed by atoms with Gasteiger partial charge in [0.25, 0.3) is 0 Å². The number of nitrogens with one attached hydrogen (secondary N) is 2. The van der Waals surface area contributed by atoms with Gasteiger partial charge in [-0.25, -0.2) is 4.98 Å². The van der Waals surface area contributed by atoms with Gasteiger partial charge in [-0.1, -0.05) is 12.1 Å². The molecule has 1 atom stereocenters. The zero-order valence-corrected chi connectivity index (χ0v) is 15.1. The smallest absolute Gasteiger partial charge is 0.305 e. The fourth-order valence-electron chi connectivity index (χ4n) is 2.18. The first-order valence-electron chi connectivity index (χ1n) is 7.34. The Balaban J connectivity index is 2.09. The van der Waals surface area contributed by atoms with Gasteiger partial charge in [0.05, 0.1) is 12.5 Å². The molecule has 5 nitrogen and oxygen atoms in total. The summed E-state index contributed by atoms with van der Waals surface area (Å²) in [6.45, 7) is 1.96. The fourth-order valence-corrected chi connectivity index (χ4v) is 2.83. The molecule has 1 aromatic heterocycles. The van der Waals surface area contributed by atoms with E-state index in [0.717, 1.165) is 16.0 Å². The lowest BCUT2D eigenvalue weighted by Gasteiger charge is -2.20. The van der Waals surface area contributed by atoms with E-state index in [1.807, 2.05) is 49.6 Å². The molecule has 3 N–H and O–H groups in total. The van der Waals surface area contributed by atoms with Gasteiger partial charge in [-0.05, 0) is 60.8 Å². The second-order valence-electron chi connectivity index (χ2n) is 5.24. The van der Waals surface area contributed by atoms with E-state index in [9.17, 15) is 4.79 Å². The van der Waals surface area contributed by atoms with Crippen LogP contribution in [0.5, 0.6) is 0 Å². The van der Waals surface area contributed by atoms with Gasteiger partial charge in [-0.3, -0.25) is 4.79 Å². The van der Waals surface area contributed by atoms with Gasteiger partial charge >= 0.3 is 5.97 Å². The number of aromatic nitrogens is 1. The van der Waals surface area contributed by atoms with Crippen LogP contribution in [-0.4, -0.2) is 27.4 Å². The van der Waals surface area contributed by atoms with Crippen molar-refractivity contribution < 1.29 is 9.90 Å². The average Bonchev–Trinajstić information content (AvgIpc) is 2.54. The number of aryl methyl sites for hydroxylation is 1. The number of carboxylic acids is 1. The maximum atomic E-state index is 11.2. The summed E-state index contributed by atoms with van der Waals surface area (Å²) >= 11 is 6.93. The topological polar surface area (TPSA) is 74.2 Å². The number of aliphatic carboxylic acids is 1. The summed E-state index contributed by atoms with van der Waals surface area (Å²) in [4.78, 5) is 16.5. The van der Waals surface area contributed by atoms with Gasteiger partial charge in [0.2, 0.25) is 0 Å². The second-order valence-corrected chi connectivity index (χ2v) is 6.53. The van der Waals surface area contributed by atoms with Crippen molar-refractivity contribution in [1.29, 1.82) is 0 Å². The average molecular weight is 361 g/mol. The van der Waals surface area contributed by atoms with Crippen molar-refractivity contribution in [2.24, 2.45) is 0 Å². The number of nitrogens with zero attached hydrogens (tertiary/aromatic N) is 1. The van der Waals surface area contributed by atoms with Crippen molar-refractivity contribution in [1.82, 2.24) is 10.3 Å². The monoisotopic (exact) mass is 361 g/mol. The number of hydrogen-bond acceptors (Lipinski definition) is 4. The molecule has 2 aromatic rings. The molecule has 0 radical (unpaired) electrons. The Kier molecular flexibility index (Phi) is 6.57. The summed E-state index contributed by atoms with van der Waals surface area (Å²) in [7, 11) is 0. The highest BCUT2D eigenvalue weighted by atomic mass is 32.2. The molecule has 0 aliphatic heterocycles. The molecular formula is C17H19N3O2S2. The van der Waals surface area contributed by atoms with Gasteiger partial charge in [-0.15, -0.1) is 11.8 Å². The van der Waals surface area contributed by atoms with Gasteiger partial charge < -0.3 is 15.7 Å². The molecule has 2 rings (SSSR count). The van der Waals surface area contributed by atoms with E-state index in [-0.39, 0.29) is 6.42 Å². The number of pyridine rings is 1. The SMILES string of the molecule is CSc1ccc([C@@H](CC(=O)O)NC(=S)Nc2cc(C)ccn2)cc1. The quantitative estimate of drug-likeness (QED) is 0.536. The number of rotatable bonds is 6. The molecule has 0 bridgehead atoms. The summed E-state index contributed by atoms with van der Waals surface area (Å²) < 4.78 is 0. The van der Waals surface area contributed by atoms with Crippen molar-refractivity contribution in [3.8, 4) is 0 Å². The lowest BCUT2D eigenvalue weighted by Crippen LogP contribution is -2.33. The number of benzene rings is 1. The van der Waals surface area contributed by atoms with Gasteiger partial charge in [0.1, 0.15) is 5.82 Å². The van der Waals surface area contributed by atoms with Gasteiger partial charge in [0, 0.05) is 11.1 Å². The first-order valence-corrected chi connectivity index (χ1v) is 8.97. The third-order valence-corrected chi connectivity index (χ3v) is 4.32. The first kappa shape index (κ1) is 18.2. The predicted molar refractivity (Wildman–Crippen MR) is 102 cm³/mol. The van der Waals surface area contributed by atoms with Crippen LogP contribution in [0.2, 0.25) is 0 Å². The highest BCUT2D eigenvalue weighted by Crippen LogP contribution is 2.21. The maximum Gasteiger partial charge on any atom is 0.305 e. The number of carbonyl (C=O) groups is 1. The molecule has 7 heteroatoms. The largest absolute Gasteiger partial charge is 0.481 e. The lowest BCUT2D eigenvalue weighted by atomic mass is 10.0.